The molecule has 2 heterocycles. The highest BCUT2D eigenvalue weighted by Crippen LogP contribution is 2.28. The van der Waals surface area contributed by atoms with Crippen molar-refractivity contribution in [2.45, 2.75) is 19.6 Å². The van der Waals surface area contributed by atoms with Gasteiger partial charge in [-0.25, -0.2) is 4.98 Å². The Kier molecular flexibility index (Phi) is 3.40. The summed E-state index contributed by atoms with van der Waals surface area (Å²) in [5.41, 5.74) is 3.67. The van der Waals surface area contributed by atoms with E-state index in [1.807, 2.05) is 19.2 Å². The third kappa shape index (κ3) is 2.44. The first-order chi connectivity index (χ1) is 9.28. The number of pyridine rings is 1. The van der Waals surface area contributed by atoms with Crippen molar-refractivity contribution in [3.05, 3.63) is 58.2 Å². The smallest absolute Gasteiger partial charge is 0.129 e. The zero-order chi connectivity index (χ0) is 13.2. The number of fused-ring (bicyclic) bond motifs is 1. The molecule has 0 saturated heterocycles. The summed E-state index contributed by atoms with van der Waals surface area (Å²) in [5.74, 6) is 0.992. The summed E-state index contributed by atoms with van der Waals surface area (Å²) in [6, 6.07) is 12.5. The monoisotopic (exact) mass is 273 g/mol. The predicted octanol–water partition coefficient (Wildman–Crippen LogP) is 2.97. The number of nitrogens with zero attached hydrogens (tertiary/aromatic N) is 2. The highest BCUT2D eigenvalue weighted by Gasteiger charge is 2.20. The average molecular weight is 274 g/mol. The molecule has 98 valence electrons. The van der Waals surface area contributed by atoms with E-state index in [0.29, 0.717) is 6.54 Å². The summed E-state index contributed by atoms with van der Waals surface area (Å²) in [4.78, 5) is 6.94. The molecule has 3 nitrogen and oxygen atoms in total. The number of anilines is 1. The highest BCUT2D eigenvalue weighted by atomic mass is 35.5. The lowest BCUT2D eigenvalue weighted by Crippen LogP contribution is -2.17. The number of benzene rings is 1. The Morgan fingerprint density at radius 2 is 1.84 bits per heavy atom. The van der Waals surface area contributed by atoms with Crippen molar-refractivity contribution < 1.29 is 0 Å². The quantitative estimate of drug-likeness (QED) is 0.932. The summed E-state index contributed by atoms with van der Waals surface area (Å²) in [6.45, 7) is 2.53. The molecule has 2 aromatic rings. The minimum absolute atomic E-state index is 0.688. The van der Waals surface area contributed by atoms with Gasteiger partial charge < -0.3 is 10.2 Å². The molecule has 1 N–H and O–H groups in total. The number of nitrogens with one attached hydrogen (secondary N) is 1. The Balaban J connectivity index is 1.87. The molecule has 0 atom stereocenters. The van der Waals surface area contributed by atoms with Gasteiger partial charge in [0.2, 0.25) is 0 Å². The molecule has 3 rings (SSSR count). The van der Waals surface area contributed by atoms with Crippen LogP contribution in [0.3, 0.4) is 0 Å². The van der Waals surface area contributed by atoms with Crippen LogP contribution in [0.25, 0.3) is 0 Å². The Labute approximate surface area is 118 Å². The standard InChI is InChI=1S/C15H16ClN3/c1-17-8-14-13(16)6-7-15(18-14)19-9-11-4-2-3-5-12(11)10-19/h2-7,17H,8-10H2,1H3. The molecule has 1 aliphatic rings. The fraction of sp³-hybridized carbons (Fsp3) is 0.267. The van der Waals surface area contributed by atoms with Gasteiger partial charge in [0.1, 0.15) is 5.82 Å². The first kappa shape index (κ1) is 12.5. The zero-order valence-electron chi connectivity index (χ0n) is 10.9. The van der Waals surface area contributed by atoms with E-state index in [9.17, 15) is 0 Å². The molecular formula is C15H16ClN3. The number of halogens is 1. The third-order valence-corrected chi connectivity index (χ3v) is 3.76. The molecular weight excluding hydrogens is 258 g/mol. The van der Waals surface area contributed by atoms with Crippen LogP contribution in [0.1, 0.15) is 16.8 Å². The van der Waals surface area contributed by atoms with Crippen LogP contribution in [0.15, 0.2) is 36.4 Å². The van der Waals surface area contributed by atoms with Gasteiger partial charge in [0, 0.05) is 19.6 Å². The second kappa shape index (κ2) is 5.19. The Morgan fingerprint density at radius 1 is 1.16 bits per heavy atom. The van der Waals surface area contributed by atoms with E-state index < -0.39 is 0 Å². The molecule has 0 aliphatic carbocycles. The van der Waals surface area contributed by atoms with E-state index in [4.69, 9.17) is 11.6 Å². The van der Waals surface area contributed by atoms with Crippen molar-refractivity contribution in [3.8, 4) is 0 Å². The van der Waals surface area contributed by atoms with Gasteiger partial charge in [0.25, 0.3) is 0 Å². The molecule has 0 bridgehead atoms. The van der Waals surface area contributed by atoms with Crippen molar-refractivity contribution in [1.82, 2.24) is 10.3 Å². The summed E-state index contributed by atoms with van der Waals surface area (Å²) >= 11 is 6.15. The topological polar surface area (TPSA) is 28.2 Å². The van der Waals surface area contributed by atoms with Crippen molar-refractivity contribution in [3.63, 3.8) is 0 Å². The van der Waals surface area contributed by atoms with Crippen LogP contribution >= 0.6 is 11.6 Å². The van der Waals surface area contributed by atoms with Crippen LogP contribution in [-0.2, 0) is 19.6 Å². The molecule has 0 amide bonds. The van der Waals surface area contributed by atoms with Crippen LogP contribution in [-0.4, -0.2) is 12.0 Å². The molecule has 0 radical (unpaired) electrons. The van der Waals surface area contributed by atoms with E-state index in [1.54, 1.807) is 0 Å². The minimum atomic E-state index is 0.688. The Hall–Kier alpha value is -1.58. The molecule has 0 unspecified atom stereocenters. The first-order valence-corrected chi connectivity index (χ1v) is 6.77. The molecule has 1 aromatic heterocycles. The van der Waals surface area contributed by atoms with Gasteiger partial charge in [-0.1, -0.05) is 35.9 Å². The van der Waals surface area contributed by atoms with Crippen LogP contribution in [0.5, 0.6) is 0 Å². The SMILES string of the molecule is CNCc1nc(N2Cc3ccccc3C2)ccc1Cl. The number of aromatic nitrogens is 1. The predicted molar refractivity (Wildman–Crippen MR) is 78.3 cm³/mol. The lowest BCUT2D eigenvalue weighted by molar-refractivity contribution is 0.778. The van der Waals surface area contributed by atoms with E-state index in [1.165, 1.54) is 11.1 Å². The van der Waals surface area contributed by atoms with Crippen LogP contribution in [0.4, 0.5) is 5.82 Å². The highest BCUT2D eigenvalue weighted by molar-refractivity contribution is 6.31. The van der Waals surface area contributed by atoms with Gasteiger partial charge in [-0.15, -0.1) is 0 Å². The maximum atomic E-state index is 6.15. The van der Waals surface area contributed by atoms with Gasteiger partial charge in [0.05, 0.1) is 10.7 Å². The molecule has 0 spiro atoms. The van der Waals surface area contributed by atoms with E-state index in [0.717, 1.165) is 29.6 Å². The van der Waals surface area contributed by atoms with Crippen LogP contribution in [0, 0.1) is 0 Å². The lowest BCUT2D eigenvalue weighted by atomic mass is 10.1. The normalized spacial score (nSPS) is 13.7. The van der Waals surface area contributed by atoms with Gasteiger partial charge in [-0.3, -0.25) is 0 Å². The molecule has 0 fully saturated rings. The van der Waals surface area contributed by atoms with Crippen molar-refractivity contribution in [2.24, 2.45) is 0 Å². The Morgan fingerprint density at radius 3 is 2.47 bits per heavy atom. The van der Waals surface area contributed by atoms with Gasteiger partial charge >= 0.3 is 0 Å². The summed E-state index contributed by atoms with van der Waals surface area (Å²) in [7, 11) is 1.90. The summed E-state index contributed by atoms with van der Waals surface area (Å²) in [5, 5.41) is 3.81. The fourth-order valence-electron chi connectivity index (χ4n) is 2.44. The zero-order valence-corrected chi connectivity index (χ0v) is 11.6. The van der Waals surface area contributed by atoms with E-state index in [-0.39, 0.29) is 0 Å². The van der Waals surface area contributed by atoms with Crippen molar-refractivity contribution in [1.29, 1.82) is 0 Å². The maximum absolute atomic E-state index is 6.15. The molecule has 4 heteroatoms. The van der Waals surface area contributed by atoms with Gasteiger partial charge in [-0.2, -0.15) is 0 Å². The number of rotatable bonds is 3. The summed E-state index contributed by atoms with van der Waals surface area (Å²) in [6.07, 6.45) is 0. The molecule has 1 aliphatic heterocycles. The van der Waals surface area contributed by atoms with Crippen molar-refractivity contribution in [2.75, 3.05) is 11.9 Å². The number of hydrogen-bond donors (Lipinski definition) is 1. The number of hydrogen-bond acceptors (Lipinski definition) is 3. The third-order valence-electron chi connectivity index (χ3n) is 3.41. The lowest BCUT2D eigenvalue weighted by Gasteiger charge is -2.17. The Bertz CT molecular complexity index is 573. The van der Waals surface area contributed by atoms with E-state index in [2.05, 4.69) is 39.5 Å². The first-order valence-electron chi connectivity index (χ1n) is 6.39. The van der Waals surface area contributed by atoms with Crippen LogP contribution in [0.2, 0.25) is 5.02 Å². The fourth-order valence-corrected chi connectivity index (χ4v) is 2.61. The maximum Gasteiger partial charge on any atom is 0.129 e. The second-order valence-electron chi connectivity index (χ2n) is 4.75. The molecule has 19 heavy (non-hydrogen) atoms. The molecule has 1 aromatic carbocycles. The minimum Gasteiger partial charge on any atom is -0.348 e. The largest absolute Gasteiger partial charge is 0.348 e. The average Bonchev–Trinajstić information content (AvgIpc) is 2.85. The van der Waals surface area contributed by atoms with Gasteiger partial charge in [0.15, 0.2) is 0 Å². The van der Waals surface area contributed by atoms with Gasteiger partial charge in [-0.05, 0) is 30.3 Å². The van der Waals surface area contributed by atoms with Crippen molar-refractivity contribution >= 4 is 17.4 Å². The van der Waals surface area contributed by atoms with E-state index >= 15 is 0 Å². The summed E-state index contributed by atoms with van der Waals surface area (Å²) < 4.78 is 0. The van der Waals surface area contributed by atoms with Crippen LogP contribution < -0.4 is 10.2 Å². The second-order valence-corrected chi connectivity index (χ2v) is 5.16. The molecule has 0 saturated carbocycles.